The van der Waals surface area contributed by atoms with Crippen molar-refractivity contribution >= 4 is 28.5 Å². The molecule has 6 nitrogen and oxygen atoms in total. The Morgan fingerprint density at radius 1 is 1.19 bits per heavy atom. The fourth-order valence-electron chi connectivity index (χ4n) is 2.47. The van der Waals surface area contributed by atoms with Gasteiger partial charge in [-0.25, -0.2) is 9.18 Å². The Labute approximate surface area is 148 Å². The highest BCUT2D eigenvalue weighted by Crippen LogP contribution is 2.29. The molecular weight excluding hydrogens is 341 g/mol. The van der Waals surface area contributed by atoms with E-state index < -0.39 is 24.3 Å². The molecule has 0 fully saturated rings. The molecule has 0 aliphatic carbocycles. The van der Waals surface area contributed by atoms with Gasteiger partial charge in [-0.05, 0) is 37.3 Å². The van der Waals surface area contributed by atoms with Crippen molar-refractivity contribution in [3.8, 4) is 5.75 Å². The fraction of sp³-hybridized carbons (Fsp3) is 0.158. The second kappa shape index (κ2) is 7.26. The number of methoxy groups -OCH3 is 1. The first-order valence-electron chi connectivity index (χ1n) is 7.78. The second-order valence-electron chi connectivity index (χ2n) is 5.52. The Morgan fingerprint density at radius 2 is 1.96 bits per heavy atom. The Bertz CT molecular complexity index is 979. The van der Waals surface area contributed by atoms with Gasteiger partial charge in [-0.3, -0.25) is 4.79 Å². The summed E-state index contributed by atoms with van der Waals surface area (Å²) in [5.74, 6) is -1.37. The molecule has 1 aromatic heterocycles. The number of para-hydroxylation sites is 1. The molecule has 0 bridgehead atoms. The van der Waals surface area contributed by atoms with Gasteiger partial charge in [0.2, 0.25) is 5.76 Å². The van der Waals surface area contributed by atoms with Gasteiger partial charge in [0.1, 0.15) is 17.1 Å². The number of nitrogens with one attached hydrogen (secondary N) is 1. The van der Waals surface area contributed by atoms with E-state index in [0.717, 1.165) is 0 Å². The molecule has 0 saturated heterocycles. The lowest BCUT2D eigenvalue weighted by molar-refractivity contribution is -0.119. The molecule has 134 valence electrons. The van der Waals surface area contributed by atoms with E-state index in [4.69, 9.17) is 13.9 Å². The number of carbonyl (C=O) groups excluding carboxylic acids is 2. The van der Waals surface area contributed by atoms with Crippen molar-refractivity contribution in [3.05, 3.63) is 59.6 Å². The van der Waals surface area contributed by atoms with Gasteiger partial charge in [0.05, 0.1) is 12.8 Å². The number of esters is 1. The summed E-state index contributed by atoms with van der Waals surface area (Å²) in [5.41, 5.74) is 1.10. The van der Waals surface area contributed by atoms with E-state index in [1.165, 1.54) is 18.2 Å². The fourth-order valence-corrected chi connectivity index (χ4v) is 2.47. The van der Waals surface area contributed by atoms with E-state index in [-0.39, 0.29) is 11.4 Å². The number of carbonyl (C=O) groups is 2. The van der Waals surface area contributed by atoms with Gasteiger partial charge in [0, 0.05) is 10.9 Å². The van der Waals surface area contributed by atoms with Crippen LogP contribution in [0.5, 0.6) is 5.75 Å². The molecule has 0 spiro atoms. The van der Waals surface area contributed by atoms with Crippen LogP contribution < -0.4 is 10.1 Å². The molecule has 3 aromatic rings. The molecule has 0 radical (unpaired) electrons. The van der Waals surface area contributed by atoms with E-state index in [9.17, 15) is 14.0 Å². The molecular formula is C19H16FNO5. The first kappa shape index (κ1) is 17.5. The molecule has 26 heavy (non-hydrogen) atoms. The number of anilines is 1. The standard InChI is InChI=1S/C19H16FNO5/c1-11-13-9-12(24-2)7-8-16(13)26-18(11)19(23)25-10-17(22)21-15-6-4-3-5-14(15)20/h3-9H,10H2,1-2H3,(H,21,22). The number of rotatable bonds is 5. The van der Waals surface area contributed by atoms with Gasteiger partial charge in [0.15, 0.2) is 6.61 Å². The maximum Gasteiger partial charge on any atom is 0.375 e. The van der Waals surface area contributed by atoms with Crippen molar-refractivity contribution in [1.29, 1.82) is 0 Å². The van der Waals surface area contributed by atoms with Crippen molar-refractivity contribution in [3.63, 3.8) is 0 Å². The van der Waals surface area contributed by atoms with Gasteiger partial charge >= 0.3 is 5.97 Å². The molecule has 2 aromatic carbocycles. The summed E-state index contributed by atoms with van der Waals surface area (Å²) in [4.78, 5) is 24.1. The van der Waals surface area contributed by atoms with Gasteiger partial charge in [-0.1, -0.05) is 12.1 Å². The van der Waals surface area contributed by atoms with Crippen molar-refractivity contribution in [2.24, 2.45) is 0 Å². The van der Waals surface area contributed by atoms with E-state index in [1.54, 1.807) is 38.3 Å². The first-order chi connectivity index (χ1) is 12.5. The molecule has 1 heterocycles. The molecule has 1 N–H and O–H groups in total. The summed E-state index contributed by atoms with van der Waals surface area (Å²) in [6.07, 6.45) is 0. The largest absolute Gasteiger partial charge is 0.497 e. The summed E-state index contributed by atoms with van der Waals surface area (Å²) < 4.78 is 29.1. The van der Waals surface area contributed by atoms with Crippen LogP contribution in [0.2, 0.25) is 0 Å². The van der Waals surface area contributed by atoms with Crippen molar-refractivity contribution in [2.45, 2.75) is 6.92 Å². The smallest absolute Gasteiger partial charge is 0.375 e. The normalized spacial score (nSPS) is 10.6. The zero-order valence-electron chi connectivity index (χ0n) is 14.2. The van der Waals surface area contributed by atoms with Gasteiger partial charge in [0.25, 0.3) is 5.91 Å². The highest BCUT2D eigenvalue weighted by Gasteiger charge is 2.20. The minimum Gasteiger partial charge on any atom is -0.497 e. The summed E-state index contributed by atoms with van der Waals surface area (Å²) in [5, 5.41) is 3.05. The van der Waals surface area contributed by atoms with Crippen LogP contribution in [-0.4, -0.2) is 25.6 Å². The van der Waals surface area contributed by atoms with Gasteiger partial charge < -0.3 is 19.2 Å². The zero-order valence-corrected chi connectivity index (χ0v) is 14.2. The lowest BCUT2D eigenvalue weighted by Crippen LogP contribution is -2.21. The van der Waals surface area contributed by atoms with Gasteiger partial charge in [-0.2, -0.15) is 0 Å². The van der Waals surface area contributed by atoms with Crippen LogP contribution >= 0.6 is 0 Å². The van der Waals surface area contributed by atoms with Crippen LogP contribution in [0.1, 0.15) is 16.1 Å². The summed E-state index contributed by atoms with van der Waals surface area (Å²) in [6.45, 7) is 1.15. The number of halogens is 1. The zero-order chi connectivity index (χ0) is 18.7. The third-order valence-corrected chi connectivity index (χ3v) is 3.81. The maximum atomic E-state index is 13.5. The molecule has 0 aliphatic rings. The number of hydrogen-bond donors (Lipinski definition) is 1. The van der Waals surface area contributed by atoms with Crippen LogP contribution in [0.25, 0.3) is 11.0 Å². The predicted molar refractivity (Wildman–Crippen MR) is 92.8 cm³/mol. The minimum atomic E-state index is -0.777. The predicted octanol–water partition coefficient (Wildman–Crippen LogP) is 3.68. The van der Waals surface area contributed by atoms with Crippen LogP contribution in [0.15, 0.2) is 46.9 Å². The second-order valence-corrected chi connectivity index (χ2v) is 5.52. The first-order valence-corrected chi connectivity index (χ1v) is 7.78. The summed E-state index contributed by atoms with van der Waals surface area (Å²) in [7, 11) is 1.54. The molecule has 1 amide bonds. The number of amides is 1. The van der Waals surface area contributed by atoms with Gasteiger partial charge in [-0.15, -0.1) is 0 Å². The Morgan fingerprint density at radius 3 is 2.69 bits per heavy atom. The third-order valence-electron chi connectivity index (χ3n) is 3.81. The average Bonchev–Trinajstić information content (AvgIpc) is 2.98. The number of furan rings is 1. The molecule has 0 atom stereocenters. The number of aryl methyl sites for hydroxylation is 1. The Kier molecular flexibility index (Phi) is 4.88. The molecule has 0 saturated carbocycles. The number of hydrogen-bond acceptors (Lipinski definition) is 5. The van der Waals surface area contributed by atoms with Crippen molar-refractivity contribution in [2.75, 3.05) is 19.0 Å². The highest BCUT2D eigenvalue weighted by atomic mass is 19.1. The van der Waals surface area contributed by atoms with Crippen LogP contribution in [0, 0.1) is 12.7 Å². The monoisotopic (exact) mass is 357 g/mol. The summed E-state index contributed by atoms with van der Waals surface area (Å²) >= 11 is 0. The Hall–Kier alpha value is -3.35. The highest BCUT2D eigenvalue weighted by molar-refractivity contribution is 5.98. The number of fused-ring (bicyclic) bond motifs is 1. The maximum absolute atomic E-state index is 13.5. The molecule has 3 rings (SSSR count). The van der Waals surface area contributed by atoms with E-state index in [1.807, 2.05) is 0 Å². The Balaban J connectivity index is 1.68. The number of benzene rings is 2. The average molecular weight is 357 g/mol. The van der Waals surface area contributed by atoms with E-state index in [2.05, 4.69) is 5.32 Å². The minimum absolute atomic E-state index is 0.00643. The molecule has 7 heteroatoms. The third kappa shape index (κ3) is 3.51. The lowest BCUT2D eigenvalue weighted by Gasteiger charge is -2.06. The van der Waals surface area contributed by atoms with Crippen LogP contribution in [-0.2, 0) is 9.53 Å². The molecule has 0 aliphatic heterocycles. The number of ether oxygens (including phenoxy) is 2. The van der Waals surface area contributed by atoms with Crippen LogP contribution in [0.3, 0.4) is 0 Å². The van der Waals surface area contributed by atoms with Crippen molar-refractivity contribution < 1.29 is 27.9 Å². The topological polar surface area (TPSA) is 77.8 Å². The SMILES string of the molecule is COc1ccc2oc(C(=O)OCC(=O)Nc3ccccc3F)c(C)c2c1. The molecule has 0 unspecified atom stereocenters. The van der Waals surface area contributed by atoms with E-state index in [0.29, 0.717) is 22.3 Å². The van der Waals surface area contributed by atoms with E-state index >= 15 is 0 Å². The van der Waals surface area contributed by atoms with Crippen molar-refractivity contribution in [1.82, 2.24) is 0 Å². The lowest BCUT2D eigenvalue weighted by atomic mass is 10.1. The quantitative estimate of drug-likeness (QED) is 0.705. The summed E-state index contributed by atoms with van der Waals surface area (Å²) in [6, 6.07) is 10.8. The van der Waals surface area contributed by atoms with Crippen LogP contribution in [0.4, 0.5) is 10.1 Å².